The van der Waals surface area contributed by atoms with Gasteiger partial charge in [-0.1, -0.05) is 54.4 Å². The highest BCUT2D eigenvalue weighted by molar-refractivity contribution is 7.92. The zero-order valence-electron chi connectivity index (χ0n) is 24.4. The first-order valence-corrected chi connectivity index (χ1v) is 15.8. The summed E-state index contributed by atoms with van der Waals surface area (Å²) in [4.78, 5) is 29.0. The molecule has 226 valence electrons. The highest BCUT2D eigenvalue weighted by atomic mass is 35.5. The fraction of sp³-hybridized carbons (Fsp3) is 0.355. The summed E-state index contributed by atoms with van der Waals surface area (Å²) in [6.45, 7) is 9.03. The van der Waals surface area contributed by atoms with Crippen LogP contribution in [0.1, 0.15) is 46.6 Å². The number of carbonyl (C=O) groups is 2. The van der Waals surface area contributed by atoms with Gasteiger partial charge in [0.25, 0.3) is 10.0 Å². The van der Waals surface area contributed by atoms with Gasteiger partial charge in [-0.15, -0.1) is 0 Å². The van der Waals surface area contributed by atoms with E-state index in [2.05, 4.69) is 5.32 Å². The molecule has 0 bridgehead atoms. The minimum atomic E-state index is -4.18. The van der Waals surface area contributed by atoms with E-state index in [-0.39, 0.29) is 29.5 Å². The summed E-state index contributed by atoms with van der Waals surface area (Å²) in [6.07, 6.45) is 0.285. The van der Waals surface area contributed by atoms with E-state index in [9.17, 15) is 18.0 Å². The van der Waals surface area contributed by atoms with Crippen LogP contribution in [-0.2, 0) is 26.2 Å². The van der Waals surface area contributed by atoms with Crippen molar-refractivity contribution in [2.75, 3.05) is 17.5 Å². The fourth-order valence-electron chi connectivity index (χ4n) is 4.33. The second-order valence-corrected chi connectivity index (χ2v) is 13.4. The topological polar surface area (TPSA) is 96.0 Å². The molecule has 0 fully saturated rings. The maximum Gasteiger partial charge on any atom is 0.264 e. The maximum absolute atomic E-state index is 14.2. The predicted molar refractivity (Wildman–Crippen MR) is 168 cm³/mol. The Morgan fingerprint density at radius 3 is 2.14 bits per heavy atom. The van der Waals surface area contributed by atoms with Gasteiger partial charge in [-0.3, -0.25) is 13.9 Å². The number of carbonyl (C=O) groups excluding carboxylic acids is 2. The Morgan fingerprint density at radius 1 is 0.952 bits per heavy atom. The van der Waals surface area contributed by atoms with Gasteiger partial charge < -0.3 is 15.0 Å². The van der Waals surface area contributed by atoms with Gasteiger partial charge in [-0.05, 0) is 88.2 Å². The normalized spacial score (nSPS) is 12.4. The van der Waals surface area contributed by atoms with E-state index in [1.165, 1.54) is 17.0 Å². The van der Waals surface area contributed by atoms with E-state index >= 15 is 0 Å². The lowest BCUT2D eigenvalue weighted by atomic mass is 10.1. The second kappa shape index (κ2) is 14.3. The number of amides is 2. The van der Waals surface area contributed by atoms with E-state index in [0.717, 1.165) is 4.31 Å². The zero-order chi connectivity index (χ0) is 31.1. The van der Waals surface area contributed by atoms with Crippen molar-refractivity contribution in [1.82, 2.24) is 10.2 Å². The van der Waals surface area contributed by atoms with Gasteiger partial charge >= 0.3 is 0 Å². The van der Waals surface area contributed by atoms with E-state index < -0.39 is 34.1 Å². The fourth-order valence-corrected chi connectivity index (χ4v) is 6.23. The molecule has 1 N–H and O–H groups in total. The van der Waals surface area contributed by atoms with Crippen LogP contribution in [0.2, 0.25) is 10.0 Å². The number of anilines is 1. The Balaban J connectivity index is 2.08. The van der Waals surface area contributed by atoms with Crippen molar-refractivity contribution >= 4 is 50.7 Å². The standard InChI is InChI=1S/C31H37Cl2N3O5S/c1-6-28(30(38)34-31(3,4)5)35(20-22-13-14-23(32)19-27(22)33)29(37)21-36(24-15-17-25(18-16-24)41-7-2)42(39,40)26-11-9-8-10-12-26/h8-19,28H,6-7,20-21H2,1-5H3,(H,34,38). The minimum absolute atomic E-state index is 0.0245. The van der Waals surface area contributed by atoms with Gasteiger partial charge in [0.2, 0.25) is 11.8 Å². The van der Waals surface area contributed by atoms with Gasteiger partial charge in [-0.2, -0.15) is 0 Å². The number of nitrogens with one attached hydrogen (secondary N) is 1. The number of sulfonamides is 1. The van der Waals surface area contributed by atoms with Gasteiger partial charge in [0.15, 0.2) is 0 Å². The van der Waals surface area contributed by atoms with Crippen molar-refractivity contribution < 1.29 is 22.7 Å². The molecule has 0 aliphatic heterocycles. The molecule has 0 saturated heterocycles. The molecule has 1 atom stereocenters. The molecular formula is C31H37Cl2N3O5S. The van der Waals surface area contributed by atoms with Crippen LogP contribution in [0, 0.1) is 0 Å². The molecule has 0 saturated carbocycles. The van der Waals surface area contributed by atoms with Crippen LogP contribution >= 0.6 is 23.2 Å². The lowest BCUT2D eigenvalue weighted by molar-refractivity contribution is -0.141. The molecule has 2 amide bonds. The number of rotatable bonds is 12. The van der Waals surface area contributed by atoms with Gasteiger partial charge in [-0.25, -0.2) is 8.42 Å². The first-order valence-electron chi connectivity index (χ1n) is 13.6. The van der Waals surface area contributed by atoms with Crippen LogP contribution in [0.5, 0.6) is 5.75 Å². The molecule has 0 aliphatic rings. The van der Waals surface area contributed by atoms with Gasteiger partial charge in [0.1, 0.15) is 18.3 Å². The summed E-state index contributed by atoms with van der Waals surface area (Å²) in [6, 6.07) is 18.3. The number of halogens is 2. The molecule has 0 spiro atoms. The number of ether oxygens (including phenoxy) is 1. The molecule has 42 heavy (non-hydrogen) atoms. The van der Waals surface area contributed by atoms with Crippen molar-refractivity contribution in [2.45, 2.75) is 64.1 Å². The van der Waals surface area contributed by atoms with Crippen LogP contribution in [0.25, 0.3) is 0 Å². The van der Waals surface area contributed by atoms with E-state index in [0.29, 0.717) is 28.0 Å². The van der Waals surface area contributed by atoms with Crippen LogP contribution in [0.15, 0.2) is 77.7 Å². The quantitative estimate of drug-likeness (QED) is 0.252. The van der Waals surface area contributed by atoms with E-state index in [4.69, 9.17) is 27.9 Å². The Labute approximate surface area is 258 Å². The minimum Gasteiger partial charge on any atom is -0.494 e. The summed E-state index contributed by atoms with van der Waals surface area (Å²) in [5, 5.41) is 3.69. The largest absolute Gasteiger partial charge is 0.494 e. The average Bonchev–Trinajstić information content (AvgIpc) is 2.93. The number of benzene rings is 3. The number of hydrogen-bond donors (Lipinski definition) is 1. The van der Waals surface area contributed by atoms with Crippen LogP contribution in [0.4, 0.5) is 5.69 Å². The Morgan fingerprint density at radius 2 is 1.60 bits per heavy atom. The Kier molecular flexibility index (Phi) is 11.3. The second-order valence-electron chi connectivity index (χ2n) is 10.7. The summed E-state index contributed by atoms with van der Waals surface area (Å²) in [5.74, 6) is -0.374. The first kappa shape index (κ1) is 33.2. The van der Waals surface area contributed by atoms with Crippen LogP contribution < -0.4 is 14.4 Å². The summed E-state index contributed by atoms with van der Waals surface area (Å²) < 4.78 is 34.4. The molecular weight excluding hydrogens is 597 g/mol. The monoisotopic (exact) mass is 633 g/mol. The summed E-state index contributed by atoms with van der Waals surface area (Å²) in [5.41, 5.74) is 0.282. The van der Waals surface area contributed by atoms with E-state index in [1.807, 2.05) is 27.7 Å². The molecule has 0 aliphatic carbocycles. The van der Waals surface area contributed by atoms with Crippen molar-refractivity contribution in [1.29, 1.82) is 0 Å². The maximum atomic E-state index is 14.2. The number of hydrogen-bond acceptors (Lipinski definition) is 5. The molecule has 3 rings (SSSR count). The van der Waals surface area contributed by atoms with Crippen molar-refractivity contribution in [3.63, 3.8) is 0 Å². The highest BCUT2D eigenvalue weighted by Crippen LogP contribution is 2.28. The molecule has 0 radical (unpaired) electrons. The SMILES string of the molecule is CCOc1ccc(N(CC(=O)N(Cc2ccc(Cl)cc2Cl)C(CC)C(=O)NC(C)(C)C)S(=O)(=O)c2ccccc2)cc1. The Hall–Kier alpha value is -3.27. The summed E-state index contributed by atoms with van der Waals surface area (Å²) >= 11 is 12.6. The summed E-state index contributed by atoms with van der Waals surface area (Å²) in [7, 11) is -4.18. The van der Waals surface area contributed by atoms with Crippen LogP contribution in [-0.4, -0.2) is 49.9 Å². The van der Waals surface area contributed by atoms with Crippen LogP contribution in [0.3, 0.4) is 0 Å². The average molecular weight is 635 g/mol. The van der Waals surface area contributed by atoms with Gasteiger partial charge in [0, 0.05) is 22.1 Å². The Bertz CT molecular complexity index is 1480. The third-order valence-corrected chi connectivity index (χ3v) is 8.66. The third kappa shape index (κ3) is 8.63. The first-order chi connectivity index (χ1) is 19.8. The molecule has 8 nitrogen and oxygen atoms in total. The molecule has 0 heterocycles. The smallest absolute Gasteiger partial charge is 0.264 e. The van der Waals surface area contributed by atoms with E-state index in [1.54, 1.807) is 67.6 Å². The van der Waals surface area contributed by atoms with Crippen molar-refractivity contribution in [2.24, 2.45) is 0 Å². The molecule has 0 aromatic heterocycles. The van der Waals surface area contributed by atoms with Gasteiger partial charge in [0.05, 0.1) is 17.2 Å². The molecule has 3 aromatic carbocycles. The zero-order valence-corrected chi connectivity index (χ0v) is 26.8. The number of nitrogens with zero attached hydrogens (tertiary/aromatic N) is 2. The molecule has 1 unspecified atom stereocenters. The molecule has 11 heteroatoms. The lowest BCUT2D eigenvalue weighted by Crippen LogP contribution is -2.55. The lowest BCUT2D eigenvalue weighted by Gasteiger charge is -2.35. The van der Waals surface area contributed by atoms with Crippen molar-refractivity contribution in [3.8, 4) is 5.75 Å². The van der Waals surface area contributed by atoms with Crippen molar-refractivity contribution in [3.05, 3.63) is 88.4 Å². The highest BCUT2D eigenvalue weighted by Gasteiger charge is 2.35. The third-order valence-electron chi connectivity index (χ3n) is 6.29. The molecule has 3 aromatic rings. The predicted octanol–water partition coefficient (Wildman–Crippen LogP) is 6.31.